The van der Waals surface area contributed by atoms with Crippen LogP contribution in [0, 0.1) is 0 Å². The Labute approximate surface area is 111 Å². The lowest BCUT2D eigenvalue weighted by Gasteiger charge is -2.15. The highest BCUT2D eigenvalue weighted by Gasteiger charge is 2.29. The molecule has 0 saturated heterocycles. The molecule has 3 rings (SSSR count). The molecule has 0 fully saturated rings. The zero-order valence-corrected chi connectivity index (χ0v) is 11.3. The molecule has 0 bridgehead atoms. The summed E-state index contributed by atoms with van der Waals surface area (Å²) in [6, 6.07) is 5.91. The molecule has 2 aromatic heterocycles. The van der Waals surface area contributed by atoms with Crippen molar-refractivity contribution in [2.75, 3.05) is 0 Å². The standard InChI is InChI=1S/C12H9BrN2OS/c13-10-5-9-7-15(12(16)11(9)17-10)6-8-1-3-14-4-2-8/h1-5H,6-7H2. The molecule has 1 amide bonds. The summed E-state index contributed by atoms with van der Waals surface area (Å²) in [4.78, 5) is 18.8. The molecule has 17 heavy (non-hydrogen) atoms. The normalized spacial score (nSPS) is 14.2. The van der Waals surface area contributed by atoms with Crippen LogP contribution in [0.15, 0.2) is 34.4 Å². The van der Waals surface area contributed by atoms with Crippen LogP contribution in [0.1, 0.15) is 20.8 Å². The van der Waals surface area contributed by atoms with Gasteiger partial charge >= 0.3 is 0 Å². The molecule has 0 unspecified atom stereocenters. The monoisotopic (exact) mass is 308 g/mol. The van der Waals surface area contributed by atoms with Gasteiger partial charge in [0.25, 0.3) is 5.91 Å². The van der Waals surface area contributed by atoms with Gasteiger partial charge in [-0.05, 0) is 45.3 Å². The summed E-state index contributed by atoms with van der Waals surface area (Å²) in [7, 11) is 0. The Hall–Kier alpha value is -1.20. The number of thiophene rings is 1. The first-order valence-electron chi connectivity index (χ1n) is 5.20. The van der Waals surface area contributed by atoms with Gasteiger partial charge in [-0.1, -0.05) is 0 Å². The SMILES string of the molecule is O=C1c2sc(Br)cc2CN1Cc1ccncc1. The van der Waals surface area contributed by atoms with E-state index in [1.165, 1.54) is 11.3 Å². The Balaban J connectivity index is 1.81. The molecule has 0 aliphatic carbocycles. The maximum atomic E-state index is 12.1. The van der Waals surface area contributed by atoms with Crippen LogP contribution in [0.4, 0.5) is 0 Å². The summed E-state index contributed by atoms with van der Waals surface area (Å²) >= 11 is 4.92. The molecule has 1 aliphatic heterocycles. The first-order valence-corrected chi connectivity index (χ1v) is 6.81. The van der Waals surface area contributed by atoms with E-state index in [1.54, 1.807) is 12.4 Å². The summed E-state index contributed by atoms with van der Waals surface area (Å²) in [6.07, 6.45) is 3.50. The number of fused-ring (bicyclic) bond motifs is 1. The summed E-state index contributed by atoms with van der Waals surface area (Å²) in [5, 5.41) is 0. The van der Waals surface area contributed by atoms with E-state index in [0.29, 0.717) is 13.1 Å². The molecule has 0 N–H and O–H groups in total. The van der Waals surface area contributed by atoms with Crippen LogP contribution < -0.4 is 0 Å². The topological polar surface area (TPSA) is 33.2 Å². The molecule has 5 heteroatoms. The van der Waals surface area contributed by atoms with Gasteiger partial charge in [0.05, 0.1) is 8.66 Å². The van der Waals surface area contributed by atoms with E-state index in [-0.39, 0.29) is 5.91 Å². The van der Waals surface area contributed by atoms with Crippen molar-refractivity contribution in [1.29, 1.82) is 0 Å². The number of hydrogen-bond acceptors (Lipinski definition) is 3. The maximum absolute atomic E-state index is 12.1. The van der Waals surface area contributed by atoms with Crippen molar-refractivity contribution >= 4 is 33.2 Å². The number of carbonyl (C=O) groups is 1. The van der Waals surface area contributed by atoms with Crippen molar-refractivity contribution < 1.29 is 4.79 Å². The van der Waals surface area contributed by atoms with Gasteiger partial charge in [0, 0.05) is 25.5 Å². The number of hydrogen-bond donors (Lipinski definition) is 0. The number of aromatic nitrogens is 1. The fourth-order valence-electron chi connectivity index (χ4n) is 1.95. The summed E-state index contributed by atoms with van der Waals surface area (Å²) < 4.78 is 1.03. The molecular weight excluding hydrogens is 300 g/mol. The van der Waals surface area contributed by atoms with E-state index in [4.69, 9.17) is 0 Å². The largest absolute Gasteiger partial charge is 0.329 e. The first-order chi connectivity index (χ1) is 8.24. The quantitative estimate of drug-likeness (QED) is 0.854. The molecule has 1 aliphatic rings. The van der Waals surface area contributed by atoms with Crippen molar-refractivity contribution in [2.45, 2.75) is 13.1 Å². The summed E-state index contributed by atoms with van der Waals surface area (Å²) in [5.41, 5.74) is 2.24. The lowest BCUT2D eigenvalue weighted by atomic mass is 10.2. The van der Waals surface area contributed by atoms with Gasteiger partial charge in [-0.3, -0.25) is 9.78 Å². The second-order valence-electron chi connectivity index (χ2n) is 3.92. The van der Waals surface area contributed by atoms with Crippen molar-refractivity contribution in [3.8, 4) is 0 Å². The average Bonchev–Trinajstić information content (AvgIpc) is 2.81. The van der Waals surface area contributed by atoms with Crippen molar-refractivity contribution in [1.82, 2.24) is 9.88 Å². The molecule has 2 aromatic rings. The third-order valence-electron chi connectivity index (χ3n) is 2.74. The Morgan fingerprint density at radius 1 is 1.41 bits per heavy atom. The number of amides is 1. The third kappa shape index (κ3) is 2.00. The van der Waals surface area contributed by atoms with E-state index >= 15 is 0 Å². The van der Waals surface area contributed by atoms with Crippen molar-refractivity contribution in [2.24, 2.45) is 0 Å². The fourth-order valence-corrected chi connectivity index (χ4v) is 3.58. The molecular formula is C12H9BrN2OS. The lowest BCUT2D eigenvalue weighted by Crippen LogP contribution is -2.23. The predicted octanol–water partition coefficient (Wildman–Crippen LogP) is 3.06. The van der Waals surface area contributed by atoms with Crippen molar-refractivity contribution in [3.63, 3.8) is 0 Å². The van der Waals surface area contributed by atoms with E-state index < -0.39 is 0 Å². The Bertz CT molecular complexity index is 567. The summed E-state index contributed by atoms with van der Waals surface area (Å²) in [6.45, 7) is 1.36. The van der Waals surface area contributed by atoms with Gasteiger partial charge in [-0.25, -0.2) is 0 Å². The van der Waals surface area contributed by atoms with Gasteiger partial charge in [0.1, 0.15) is 0 Å². The van der Waals surface area contributed by atoms with E-state index in [2.05, 4.69) is 20.9 Å². The van der Waals surface area contributed by atoms with Gasteiger partial charge in [-0.15, -0.1) is 11.3 Å². The second kappa shape index (κ2) is 4.23. The average molecular weight is 309 g/mol. The maximum Gasteiger partial charge on any atom is 0.264 e. The highest BCUT2D eigenvalue weighted by molar-refractivity contribution is 9.11. The van der Waals surface area contributed by atoms with Crippen LogP contribution in [0.2, 0.25) is 0 Å². The van der Waals surface area contributed by atoms with Crippen LogP contribution in [-0.4, -0.2) is 15.8 Å². The number of pyridine rings is 1. The number of rotatable bonds is 2. The molecule has 3 nitrogen and oxygen atoms in total. The first kappa shape index (κ1) is 10.9. The molecule has 86 valence electrons. The smallest absolute Gasteiger partial charge is 0.264 e. The predicted molar refractivity (Wildman–Crippen MR) is 69.8 cm³/mol. The van der Waals surface area contributed by atoms with E-state index in [9.17, 15) is 4.79 Å². The van der Waals surface area contributed by atoms with Crippen LogP contribution in [-0.2, 0) is 13.1 Å². The minimum absolute atomic E-state index is 0.132. The minimum Gasteiger partial charge on any atom is -0.329 e. The van der Waals surface area contributed by atoms with Crippen LogP contribution in [0.25, 0.3) is 0 Å². The van der Waals surface area contributed by atoms with Crippen LogP contribution in [0.5, 0.6) is 0 Å². The second-order valence-corrected chi connectivity index (χ2v) is 6.35. The molecule has 0 radical (unpaired) electrons. The van der Waals surface area contributed by atoms with Crippen LogP contribution in [0.3, 0.4) is 0 Å². The van der Waals surface area contributed by atoms with Crippen molar-refractivity contribution in [3.05, 3.63) is 50.4 Å². The third-order valence-corrected chi connectivity index (χ3v) is 4.41. The molecule has 0 atom stereocenters. The molecule has 0 spiro atoms. The van der Waals surface area contributed by atoms with Crippen LogP contribution >= 0.6 is 27.3 Å². The van der Waals surface area contributed by atoms with E-state index in [0.717, 1.165) is 19.8 Å². The number of carbonyl (C=O) groups excluding carboxylic acids is 1. The molecule has 0 saturated carbocycles. The highest BCUT2D eigenvalue weighted by Crippen LogP contribution is 2.34. The lowest BCUT2D eigenvalue weighted by molar-refractivity contribution is 0.0770. The number of halogens is 1. The van der Waals surface area contributed by atoms with E-state index in [1.807, 2.05) is 23.1 Å². The summed E-state index contributed by atoms with van der Waals surface area (Å²) in [5.74, 6) is 0.132. The Morgan fingerprint density at radius 3 is 2.88 bits per heavy atom. The van der Waals surface area contributed by atoms with Gasteiger partial charge in [0.15, 0.2) is 0 Å². The Morgan fingerprint density at radius 2 is 2.18 bits per heavy atom. The zero-order valence-electron chi connectivity index (χ0n) is 8.89. The number of nitrogens with zero attached hydrogens (tertiary/aromatic N) is 2. The fraction of sp³-hybridized carbons (Fsp3) is 0.167. The molecule has 3 heterocycles. The minimum atomic E-state index is 0.132. The Kier molecular flexibility index (Phi) is 2.72. The molecule has 0 aromatic carbocycles. The van der Waals surface area contributed by atoms with Gasteiger partial charge in [-0.2, -0.15) is 0 Å². The van der Waals surface area contributed by atoms with Gasteiger partial charge in [0.2, 0.25) is 0 Å². The van der Waals surface area contributed by atoms with Gasteiger partial charge < -0.3 is 4.90 Å². The highest BCUT2D eigenvalue weighted by atomic mass is 79.9. The zero-order chi connectivity index (χ0) is 11.8.